The van der Waals surface area contributed by atoms with Crippen molar-refractivity contribution in [3.8, 4) is 5.75 Å². The molecule has 1 fully saturated rings. The number of nitrogens with zero attached hydrogens (tertiary/aromatic N) is 3. The molecule has 164 valence electrons. The summed E-state index contributed by atoms with van der Waals surface area (Å²) in [5, 5.41) is 0. The van der Waals surface area contributed by atoms with Crippen molar-refractivity contribution in [2.75, 3.05) is 27.2 Å². The third-order valence-electron chi connectivity index (χ3n) is 6.20. The molecule has 8 heteroatoms. The van der Waals surface area contributed by atoms with E-state index >= 15 is 0 Å². The van der Waals surface area contributed by atoms with E-state index in [4.69, 9.17) is 4.74 Å². The Kier molecular flexibility index (Phi) is 5.75. The highest BCUT2D eigenvalue weighted by atomic mass is 32.2. The van der Waals surface area contributed by atoms with Crippen molar-refractivity contribution in [1.82, 2.24) is 9.80 Å². The van der Waals surface area contributed by atoms with E-state index in [2.05, 4.69) is 4.40 Å². The first kappa shape index (κ1) is 21.4. The SMILES string of the molecule is COc1ccccc1C(C)N(C)C(=O)C1CCCN(C2=NS(=O)(=O)c3ccccc32)C1. The van der Waals surface area contributed by atoms with Gasteiger partial charge in [0.1, 0.15) is 10.6 Å². The van der Waals surface area contributed by atoms with Crippen LogP contribution in [-0.2, 0) is 14.8 Å². The zero-order valence-electron chi connectivity index (χ0n) is 18.0. The summed E-state index contributed by atoms with van der Waals surface area (Å²) in [6, 6.07) is 14.4. The van der Waals surface area contributed by atoms with E-state index in [1.165, 1.54) is 0 Å². The Hall–Kier alpha value is -2.87. The summed E-state index contributed by atoms with van der Waals surface area (Å²) in [4.78, 5) is 17.3. The van der Waals surface area contributed by atoms with Crippen LogP contribution in [0.15, 0.2) is 57.8 Å². The summed E-state index contributed by atoms with van der Waals surface area (Å²) in [6.07, 6.45) is 1.56. The fraction of sp³-hybridized carbons (Fsp3) is 0.391. The van der Waals surface area contributed by atoms with Crippen molar-refractivity contribution in [2.24, 2.45) is 10.3 Å². The molecule has 2 atom stereocenters. The Morgan fingerprint density at radius 3 is 2.68 bits per heavy atom. The van der Waals surface area contributed by atoms with Gasteiger partial charge in [-0.15, -0.1) is 4.40 Å². The number of para-hydroxylation sites is 1. The van der Waals surface area contributed by atoms with E-state index in [1.54, 1.807) is 30.2 Å². The second-order valence-electron chi connectivity index (χ2n) is 8.04. The number of methoxy groups -OCH3 is 1. The number of hydrogen-bond donors (Lipinski definition) is 0. The number of piperidine rings is 1. The van der Waals surface area contributed by atoms with E-state index in [1.807, 2.05) is 49.2 Å². The Balaban J connectivity index is 1.53. The molecular formula is C23H27N3O4S. The predicted molar refractivity (Wildman–Crippen MR) is 119 cm³/mol. The average Bonchev–Trinajstić information content (AvgIpc) is 3.08. The van der Waals surface area contributed by atoms with Crippen molar-refractivity contribution in [3.63, 3.8) is 0 Å². The van der Waals surface area contributed by atoms with Gasteiger partial charge in [-0.1, -0.05) is 30.3 Å². The molecule has 0 saturated carbocycles. The molecule has 2 aliphatic rings. The number of amidine groups is 1. The fourth-order valence-corrected chi connectivity index (χ4v) is 5.61. The van der Waals surface area contributed by atoms with Gasteiger partial charge in [0.15, 0.2) is 5.84 Å². The molecule has 0 aliphatic carbocycles. The third kappa shape index (κ3) is 3.92. The molecule has 2 aromatic rings. The predicted octanol–water partition coefficient (Wildman–Crippen LogP) is 3.08. The topological polar surface area (TPSA) is 79.3 Å². The van der Waals surface area contributed by atoms with Gasteiger partial charge in [-0.05, 0) is 38.0 Å². The van der Waals surface area contributed by atoms with Crippen LogP contribution in [-0.4, -0.2) is 57.2 Å². The summed E-state index contributed by atoms with van der Waals surface area (Å²) >= 11 is 0. The largest absolute Gasteiger partial charge is 0.496 e. The van der Waals surface area contributed by atoms with Crippen LogP contribution in [0.3, 0.4) is 0 Å². The average molecular weight is 442 g/mol. The van der Waals surface area contributed by atoms with Crippen LogP contribution in [0.25, 0.3) is 0 Å². The zero-order valence-corrected chi connectivity index (χ0v) is 18.8. The maximum absolute atomic E-state index is 13.3. The molecule has 2 aromatic carbocycles. The van der Waals surface area contributed by atoms with Gasteiger partial charge in [0, 0.05) is 31.3 Å². The molecule has 1 saturated heterocycles. The molecule has 0 radical (unpaired) electrons. The van der Waals surface area contributed by atoms with Gasteiger partial charge in [-0.2, -0.15) is 8.42 Å². The van der Waals surface area contributed by atoms with E-state index < -0.39 is 10.0 Å². The third-order valence-corrected chi connectivity index (χ3v) is 7.53. The van der Waals surface area contributed by atoms with Crippen LogP contribution in [0.2, 0.25) is 0 Å². The van der Waals surface area contributed by atoms with E-state index in [9.17, 15) is 13.2 Å². The van der Waals surface area contributed by atoms with Gasteiger partial charge in [-0.25, -0.2) is 0 Å². The Bertz CT molecular complexity index is 1130. The molecule has 2 aliphatic heterocycles. The van der Waals surface area contributed by atoms with Gasteiger partial charge < -0.3 is 14.5 Å². The summed E-state index contributed by atoms with van der Waals surface area (Å²) in [5.74, 6) is 1.02. The Labute approximate surface area is 183 Å². The second-order valence-corrected chi connectivity index (χ2v) is 9.61. The number of sulfonamides is 1. The van der Waals surface area contributed by atoms with Gasteiger partial charge in [-0.3, -0.25) is 4.79 Å². The number of hydrogen-bond acceptors (Lipinski definition) is 5. The highest BCUT2D eigenvalue weighted by molar-refractivity contribution is 7.90. The van der Waals surface area contributed by atoms with Crippen LogP contribution >= 0.6 is 0 Å². The molecule has 0 bridgehead atoms. The van der Waals surface area contributed by atoms with Crippen LogP contribution < -0.4 is 4.74 Å². The summed E-state index contributed by atoms with van der Waals surface area (Å²) < 4.78 is 34.4. The van der Waals surface area contributed by atoms with Crippen LogP contribution in [0.4, 0.5) is 0 Å². The smallest absolute Gasteiger partial charge is 0.285 e. The lowest BCUT2D eigenvalue weighted by molar-refractivity contribution is -0.137. The minimum Gasteiger partial charge on any atom is -0.496 e. The van der Waals surface area contributed by atoms with Crippen molar-refractivity contribution in [2.45, 2.75) is 30.7 Å². The first-order valence-corrected chi connectivity index (χ1v) is 11.9. The molecule has 0 N–H and O–H groups in total. The summed E-state index contributed by atoms with van der Waals surface area (Å²) in [5.41, 5.74) is 1.57. The van der Waals surface area contributed by atoms with Crippen molar-refractivity contribution >= 4 is 21.8 Å². The molecule has 1 amide bonds. The van der Waals surface area contributed by atoms with Crippen molar-refractivity contribution in [1.29, 1.82) is 0 Å². The van der Waals surface area contributed by atoms with Gasteiger partial charge >= 0.3 is 0 Å². The number of amides is 1. The Morgan fingerprint density at radius 1 is 1.19 bits per heavy atom. The highest BCUT2D eigenvalue weighted by Gasteiger charge is 2.36. The maximum Gasteiger partial charge on any atom is 0.285 e. The first-order chi connectivity index (χ1) is 14.8. The number of carbonyl (C=O) groups is 1. The molecule has 2 heterocycles. The molecule has 31 heavy (non-hydrogen) atoms. The number of benzene rings is 2. The fourth-order valence-electron chi connectivity index (χ4n) is 4.39. The van der Waals surface area contributed by atoms with E-state index in [0.717, 1.165) is 24.2 Å². The minimum absolute atomic E-state index is 0.0397. The zero-order chi connectivity index (χ0) is 22.2. The van der Waals surface area contributed by atoms with Gasteiger partial charge in [0.2, 0.25) is 5.91 Å². The van der Waals surface area contributed by atoms with E-state index in [-0.39, 0.29) is 22.8 Å². The molecule has 2 unspecified atom stereocenters. The van der Waals surface area contributed by atoms with Crippen molar-refractivity contribution < 1.29 is 17.9 Å². The minimum atomic E-state index is -3.68. The number of ether oxygens (including phenoxy) is 1. The van der Waals surface area contributed by atoms with Gasteiger partial charge in [0.25, 0.3) is 10.0 Å². The number of likely N-dealkylation sites (tertiary alicyclic amines) is 1. The lowest BCUT2D eigenvalue weighted by Gasteiger charge is -2.36. The lowest BCUT2D eigenvalue weighted by atomic mass is 9.94. The second kappa shape index (κ2) is 8.34. The van der Waals surface area contributed by atoms with Crippen LogP contribution in [0.1, 0.15) is 36.9 Å². The summed E-state index contributed by atoms with van der Waals surface area (Å²) in [7, 11) is -0.242. The molecule has 0 spiro atoms. The molecular weight excluding hydrogens is 414 g/mol. The van der Waals surface area contributed by atoms with Crippen LogP contribution in [0.5, 0.6) is 5.75 Å². The summed E-state index contributed by atoms with van der Waals surface area (Å²) in [6.45, 7) is 3.11. The van der Waals surface area contributed by atoms with Crippen LogP contribution in [0, 0.1) is 5.92 Å². The maximum atomic E-state index is 13.3. The van der Waals surface area contributed by atoms with E-state index in [0.29, 0.717) is 24.5 Å². The number of fused-ring (bicyclic) bond motifs is 1. The number of rotatable bonds is 4. The molecule has 0 aromatic heterocycles. The van der Waals surface area contributed by atoms with Gasteiger partial charge in [0.05, 0.1) is 19.1 Å². The highest BCUT2D eigenvalue weighted by Crippen LogP contribution is 2.32. The van der Waals surface area contributed by atoms with Crippen molar-refractivity contribution in [3.05, 3.63) is 59.7 Å². The molecule has 7 nitrogen and oxygen atoms in total. The standard InChI is InChI=1S/C23H27N3O4S/c1-16(18-10-4-6-12-20(18)30-3)25(2)23(27)17-9-8-14-26(15-17)22-19-11-5-7-13-21(19)31(28,29)24-22/h4-7,10-13,16-17H,8-9,14-15H2,1-3H3. The number of carbonyl (C=O) groups excluding carboxylic acids is 1. The Morgan fingerprint density at radius 2 is 1.90 bits per heavy atom. The normalized spacial score (nSPS) is 20.5. The molecule has 4 rings (SSSR count). The quantitative estimate of drug-likeness (QED) is 0.729. The first-order valence-electron chi connectivity index (χ1n) is 10.4. The lowest BCUT2D eigenvalue weighted by Crippen LogP contribution is -2.46. The monoisotopic (exact) mass is 441 g/mol.